The third kappa shape index (κ3) is 2.88. The van der Waals surface area contributed by atoms with Gasteiger partial charge in [-0.3, -0.25) is 14.5 Å². The van der Waals surface area contributed by atoms with Crippen LogP contribution < -0.4 is 4.74 Å². The topological polar surface area (TPSA) is 55.8 Å². The summed E-state index contributed by atoms with van der Waals surface area (Å²) in [4.78, 5) is 26.8. The van der Waals surface area contributed by atoms with Crippen LogP contribution in [-0.4, -0.2) is 42.6 Å². The van der Waals surface area contributed by atoms with Gasteiger partial charge in [0.2, 0.25) is 11.8 Å². The number of hydrogen-bond acceptors (Lipinski definition) is 4. The zero-order valence-corrected chi connectivity index (χ0v) is 16.3. The molecule has 5 rings (SSSR count). The van der Waals surface area contributed by atoms with E-state index in [9.17, 15) is 9.59 Å². The number of fused-ring (bicyclic) bond motifs is 4. The van der Waals surface area contributed by atoms with E-state index < -0.39 is 5.60 Å². The minimum absolute atomic E-state index is 0.0907. The first kappa shape index (κ1) is 18.1. The van der Waals surface area contributed by atoms with Gasteiger partial charge in [-0.25, -0.2) is 0 Å². The fourth-order valence-electron chi connectivity index (χ4n) is 5.03. The summed E-state index contributed by atoms with van der Waals surface area (Å²) in [7, 11) is 1.59. The van der Waals surface area contributed by atoms with Gasteiger partial charge < -0.3 is 9.47 Å². The lowest BCUT2D eigenvalue weighted by Gasteiger charge is -2.38. The van der Waals surface area contributed by atoms with Gasteiger partial charge in [0, 0.05) is 13.0 Å². The molecule has 2 aliphatic heterocycles. The Kier molecular flexibility index (Phi) is 4.28. The Hall–Kier alpha value is -2.92. The number of hydrogen-bond donors (Lipinski definition) is 0. The Morgan fingerprint density at radius 2 is 1.72 bits per heavy atom. The van der Waals surface area contributed by atoms with Gasteiger partial charge in [0.25, 0.3) is 0 Å². The number of carbonyl (C=O) groups is 2. The molecule has 1 saturated carbocycles. The molecule has 2 saturated heterocycles. The molecular weight excluding hydrogens is 366 g/mol. The predicted octanol–water partition coefficient (Wildman–Crippen LogP) is 3.17. The molecule has 3 fully saturated rings. The molecule has 2 amide bonds. The number of para-hydroxylation sites is 1. The van der Waals surface area contributed by atoms with Crippen molar-refractivity contribution in [3.63, 3.8) is 0 Å². The lowest BCUT2D eigenvalue weighted by Crippen LogP contribution is -2.46. The van der Waals surface area contributed by atoms with E-state index in [2.05, 4.69) is 6.08 Å². The second-order valence-corrected chi connectivity index (χ2v) is 8.10. The molecule has 0 N–H and O–H groups in total. The monoisotopic (exact) mass is 389 g/mol. The van der Waals surface area contributed by atoms with E-state index in [1.54, 1.807) is 7.05 Å². The van der Waals surface area contributed by atoms with E-state index in [-0.39, 0.29) is 29.6 Å². The highest BCUT2D eigenvalue weighted by molar-refractivity contribution is 6.05. The van der Waals surface area contributed by atoms with Crippen molar-refractivity contribution in [2.45, 2.75) is 12.0 Å². The molecule has 2 bridgehead atoms. The summed E-state index contributed by atoms with van der Waals surface area (Å²) >= 11 is 0. The molecule has 5 heteroatoms. The molecule has 3 aliphatic rings. The second-order valence-electron chi connectivity index (χ2n) is 8.10. The largest absolute Gasteiger partial charge is 0.490 e. The van der Waals surface area contributed by atoms with E-state index in [1.165, 1.54) is 4.90 Å². The van der Waals surface area contributed by atoms with Crippen LogP contribution in [0.3, 0.4) is 0 Å². The lowest BCUT2D eigenvalue weighted by atomic mass is 9.65. The van der Waals surface area contributed by atoms with Gasteiger partial charge in [0.05, 0.1) is 18.4 Å². The minimum atomic E-state index is -0.696. The molecule has 0 spiro atoms. The van der Waals surface area contributed by atoms with Gasteiger partial charge >= 0.3 is 0 Å². The third-order valence-electron chi connectivity index (χ3n) is 6.48. The first-order valence-corrected chi connectivity index (χ1v) is 9.99. The summed E-state index contributed by atoms with van der Waals surface area (Å²) in [5, 5.41) is 0. The van der Waals surface area contributed by atoms with Crippen molar-refractivity contribution in [3.8, 4) is 5.75 Å². The Morgan fingerprint density at radius 3 is 2.45 bits per heavy atom. The number of ether oxygens (including phenoxy) is 2. The Balaban J connectivity index is 1.54. The SMILES string of the molecule is CN1C(=O)[C@@H]2[C@@H](C[C@]3(COc4ccccc4)OC[C@H]2/C3=C\c2ccccc2)C1=O. The maximum absolute atomic E-state index is 12.8. The Morgan fingerprint density at radius 1 is 1.03 bits per heavy atom. The van der Waals surface area contributed by atoms with E-state index in [0.29, 0.717) is 19.6 Å². The zero-order valence-electron chi connectivity index (χ0n) is 16.3. The van der Waals surface area contributed by atoms with Crippen molar-refractivity contribution in [3.05, 3.63) is 71.8 Å². The van der Waals surface area contributed by atoms with Crippen LogP contribution in [0.2, 0.25) is 0 Å². The average molecular weight is 389 g/mol. The first-order chi connectivity index (χ1) is 14.1. The predicted molar refractivity (Wildman–Crippen MR) is 108 cm³/mol. The van der Waals surface area contributed by atoms with Crippen molar-refractivity contribution in [1.29, 1.82) is 0 Å². The number of amides is 2. The number of benzene rings is 2. The zero-order chi connectivity index (χ0) is 20.0. The van der Waals surface area contributed by atoms with Crippen LogP contribution in [0.25, 0.3) is 6.08 Å². The Labute approximate surface area is 169 Å². The molecule has 4 atom stereocenters. The smallest absolute Gasteiger partial charge is 0.233 e. The van der Waals surface area contributed by atoms with Gasteiger partial charge in [0.15, 0.2) is 0 Å². The van der Waals surface area contributed by atoms with Crippen LogP contribution in [0.1, 0.15) is 12.0 Å². The van der Waals surface area contributed by atoms with Gasteiger partial charge in [-0.1, -0.05) is 54.6 Å². The van der Waals surface area contributed by atoms with Crippen molar-refractivity contribution < 1.29 is 19.1 Å². The van der Waals surface area contributed by atoms with E-state index >= 15 is 0 Å². The van der Waals surface area contributed by atoms with Crippen molar-refractivity contribution in [2.24, 2.45) is 17.8 Å². The number of likely N-dealkylation sites (tertiary alicyclic amines) is 1. The minimum Gasteiger partial charge on any atom is -0.490 e. The molecule has 2 heterocycles. The third-order valence-corrected chi connectivity index (χ3v) is 6.48. The number of rotatable bonds is 4. The highest BCUT2D eigenvalue weighted by atomic mass is 16.5. The molecule has 0 unspecified atom stereocenters. The van der Waals surface area contributed by atoms with E-state index in [4.69, 9.17) is 9.47 Å². The van der Waals surface area contributed by atoms with Crippen LogP contribution >= 0.6 is 0 Å². The van der Waals surface area contributed by atoms with E-state index in [1.807, 2.05) is 60.7 Å². The maximum atomic E-state index is 12.8. The first-order valence-electron chi connectivity index (χ1n) is 9.99. The van der Waals surface area contributed by atoms with Crippen LogP contribution in [-0.2, 0) is 14.3 Å². The summed E-state index contributed by atoms with van der Waals surface area (Å²) in [6.07, 6.45) is 2.59. The molecule has 29 heavy (non-hydrogen) atoms. The standard InChI is InChI=1S/C24H23NO4/c1-25-22(26)18-13-24(15-28-17-10-6-3-7-11-17)20(12-16-8-4-2-5-9-16)19(14-29-24)21(18)23(25)27/h2-12,18-19,21H,13-15H2,1H3/b20-12+/t18-,19+,21-,24-/m1/s1. The van der Waals surface area contributed by atoms with Crippen LogP contribution in [0, 0.1) is 17.8 Å². The Bertz CT molecular complexity index is 971. The normalized spacial score (nSPS) is 32.0. The van der Waals surface area contributed by atoms with Crippen LogP contribution in [0.15, 0.2) is 66.2 Å². The van der Waals surface area contributed by atoms with Crippen LogP contribution in [0.4, 0.5) is 0 Å². The fraction of sp³-hybridized carbons (Fsp3) is 0.333. The van der Waals surface area contributed by atoms with Crippen molar-refractivity contribution in [1.82, 2.24) is 4.90 Å². The summed E-state index contributed by atoms with van der Waals surface area (Å²) in [6.45, 7) is 0.755. The second kappa shape index (κ2) is 6.85. The molecule has 0 aromatic heterocycles. The molecule has 1 aliphatic carbocycles. The summed E-state index contributed by atoms with van der Waals surface area (Å²) in [5.74, 6) is -0.205. The van der Waals surface area contributed by atoms with Crippen molar-refractivity contribution in [2.75, 3.05) is 20.3 Å². The average Bonchev–Trinajstić information content (AvgIpc) is 3.11. The van der Waals surface area contributed by atoms with Gasteiger partial charge in [-0.2, -0.15) is 0 Å². The molecule has 0 radical (unpaired) electrons. The van der Waals surface area contributed by atoms with Crippen molar-refractivity contribution >= 4 is 17.9 Å². The van der Waals surface area contributed by atoms with Gasteiger partial charge in [0.1, 0.15) is 18.0 Å². The van der Waals surface area contributed by atoms with Gasteiger partial charge in [-0.05, 0) is 29.7 Å². The summed E-state index contributed by atoms with van der Waals surface area (Å²) in [6, 6.07) is 19.7. The van der Waals surface area contributed by atoms with Gasteiger partial charge in [-0.15, -0.1) is 0 Å². The fourth-order valence-corrected chi connectivity index (χ4v) is 5.03. The van der Waals surface area contributed by atoms with E-state index in [0.717, 1.165) is 16.9 Å². The molecule has 148 valence electrons. The highest BCUT2D eigenvalue weighted by Crippen LogP contribution is 2.55. The quantitative estimate of drug-likeness (QED) is 0.754. The molecule has 2 aromatic carbocycles. The number of carbonyl (C=O) groups excluding carboxylic acids is 2. The highest BCUT2D eigenvalue weighted by Gasteiger charge is 2.63. The summed E-state index contributed by atoms with van der Waals surface area (Å²) < 4.78 is 12.4. The van der Waals surface area contributed by atoms with Crippen LogP contribution in [0.5, 0.6) is 5.75 Å². The summed E-state index contributed by atoms with van der Waals surface area (Å²) in [5.41, 5.74) is 1.43. The molecule has 5 nitrogen and oxygen atoms in total. The maximum Gasteiger partial charge on any atom is 0.233 e. The number of nitrogens with zero attached hydrogens (tertiary/aromatic N) is 1. The molecule has 2 aromatic rings. The number of imide groups is 1. The lowest BCUT2D eigenvalue weighted by molar-refractivity contribution is -0.139. The molecular formula is C24H23NO4.